The maximum atomic E-state index is 6.05. The molecule has 0 saturated heterocycles. The van der Waals surface area contributed by atoms with Gasteiger partial charge in [0.2, 0.25) is 0 Å². The van der Waals surface area contributed by atoms with Crippen molar-refractivity contribution in [1.82, 2.24) is 9.97 Å². The molecule has 0 spiro atoms. The van der Waals surface area contributed by atoms with Gasteiger partial charge in [0.1, 0.15) is 16.8 Å². The number of nitrogens with one attached hydrogen (secondary N) is 1. The van der Waals surface area contributed by atoms with E-state index in [4.69, 9.17) is 11.6 Å². The van der Waals surface area contributed by atoms with Crippen LogP contribution in [0, 0.1) is 25.7 Å². The van der Waals surface area contributed by atoms with E-state index in [1.165, 1.54) is 19.3 Å². The van der Waals surface area contributed by atoms with Gasteiger partial charge in [-0.25, -0.2) is 9.97 Å². The van der Waals surface area contributed by atoms with Crippen LogP contribution in [0.15, 0.2) is 0 Å². The van der Waals surface area contributed by atoms with Crippen LogP contribution in [-0.2, 0) is 0 Å². The lowest BCUT2D eigenvalue weighted by molar-refractivity contribution is 0.536. The number of halogens is 1. The molecule has 0 aliphatic heterocycles. The third kappa shape index (κ3) is 3.09. The molecule has 1 heterocycles. The van der Waals surface area contributed by atoms with Gasteiger partial charge in [-0.05, 0) is 38.5 Å². The maximum Gasteiger partial charge on any atom is 0.137 e. The molecule has 2 atom stereocenters. The van der Waals surface area contributed by atoms with Crippen LogP contribution in [0.2, 0.25) is 5.15 Å². The number of nitrogens with zero attached hydrogens (tertiary/aromatic N) is 2. The van der Waals surface area contributed by atoms with E-state index >= 15 is 0 Å². The van der Waals surface area contributed by atoms with Crippen LogP contribution in [0.4, 0.5) is 5.82 Å². The monoisotopic (exact) mass is 253 g/mol. The smallest absolute Gasteiger partial charge is 0.137 e. The van der Waals surface area contributed by atoms with Gasteiger partial charge in [-0.2, -0.15) is 0 Å². The fourth-order valence-electron chi connectivity index (χ4n) is 2.52. The number of aromatic nitrogens is 2. The Kier molecular flexibility index (Phi) is 3.87. The first-order valence-electron chi connectivity index (χ1n) is 6.31. The van der Waals surface area contributed by atoms with Crippen molar-refractivity contribution in [1.29, 1.82) is 0 Å². The molecule has 4 heteroatoms. The summed E-state index contributed by atoms with van der Waals surface area (Å²) in [7, 11) is 0. The van der Waals surface area contributed by atoms with Crippen molar-refractivity contribution >= 4 is 17.4 Å². The molecule has 1 aliphatic carbocycles. The molecule has 0 bridgehead atoms. The zero-order chi connectivity index (χ0) is 12.4. The first-order valence-corrected chi connectivity index (χ1v) is 6.68. The molecular weight excluding hydrogens is 234 g/mol. The third-order valence-corrected chi connectivity index (χ3v) is 3.93. The molecule has 2 unspecified atom stereocenters. The number of aryl methyl sites for hydroxylation is 1. The molecule has 1 aromatic rings. The Morgan fingerprint density at radius 1 is 1.29 bits per heavy atom. The SMILES string of the molecule is Cc1nc(Cl)c(C)c(NCC2CCC(C)C2)n1. The fourth-order valence-corrected chi connectivity index (χ4v) is 2.73. The van der Waals surface area contributed by atoms with Gasteiger partial charge in [-0.3, -0.25) is 0 Å². The van der Waals surface area contributed by atoms with Crippen LogP contribution >= 0.6 is 11.6 Å². The summed E-state index contributed by atoms with van der Waals surface area (Å²) in [6.07, 6.45) is 4.00. The van der Waals surface area contributed by atoms with Crippen LogP contribution in [0.3, 0.4) is 0 Å². The summed E-state index contributed by atoms with van der Waals surface area (Å²) in [4.78, 5) is 8.55. The van der Waals surface area contributed by atoms with Crippen LogP contribution in [-0.4, -0.2) is 16.5 Å². The number of rotatable bonds is 3. The van der Waals surface area contributed by atoms with E-state index in [9.17, 15) is 0 Å². The second-order valence-electron chi connectivity index (χ2n) is 5.20. The van der Waals surface area contributed by atoms with Crippen molar-refractivity contribution in [3.63, 3.8) is 0 Å². The molecule has 1 aromatic heterocycles. The van der Waals surface area contributed by atoms with Gasteiger partial charge in [0.25, 0.3) is 0 Å². The summed E-state index contributed by atoms with van der Waals surface area (Å²) in [5.74, 6) is 3.27. The molecule has 1 N–H and O–H groups in total. The minimum atomic E-state index is 0.555. The van der Waals surface area contributed by atoms with Crippen LogP contribution in [0.5, 0.6) is 0 Å². The van der Waals surface area contributed by atoms with Gasteiger partial charge in [-0.15, -0.1) is 0 Å². The lowest BCUT2D eigenvalue weighted by Gasteiger charge is -2.14. The molecular formula is C13H20ClN3. The Morgan fingerprint density at radius 2 is 2.06 bits per heavy atom. The summed E-state index contributed by atoms with van der Waals surface area (Å²) >= 11 is 6.05. The van der Waals surface area contributed by atoms with Crippen LogP contribution in [0.25, 0.3) is 0 Å². The Balaban J connectivity index is 1.99. The molecule has 1 saturated carbocycles. The Labute approximate surface area is 108 Å². The lowest BCUT2D eigenvalue weighted by atomic mass is 10.1. The van der Waals surface area contributed by atoms with Gasteiger partial charge < -0.3 is 5.32 Å². The molecule has 94 valence electrons. The van der Waals surface area contributed by atoms with Crippen molar-refractivity contribution in [3.05, 3.63) is 16.5 Å². The largest absolute Gasteiger partial charge is 0.369 e. The maximum absolute atomic E-state index is 6.05. The topological polar surface area (TPSA) is 37.8 Å². The van der Waals surface area contributed by atoms with E-state index in [1.54, 1.807) is 0 Å². The average Bonchev–Trinajstić information content (AvgIpc) is 2.67. The van der Waals surface area contributed by atoms with Crippen molar-refractivity contribution in [3.8, 4) is 0 Å². The van der Waals surface area contributed by atoms with Gasteiger partial charge in [0.15, 0.2) is 0 Å². The average molecular weight is 254 g/mol. The summed E-state index contributed by atoms with van der Waals surface area (Å²) in [6, 6.07) is 0. The minimum Gasteiger partial charge on any atom is -0.369 e. The fraction of sp³-hybridized carbons (Fsp3) is 0.692. The van der Waals surface area contributed by atoms with E-state index in [0.717, 1.165) is 35.6 Å². The molecule has 3 nitrogen and oxygen atoms in total. The van der Waals surface area contributed by atoms with Crippen molar-refractivity contribution in [2.75, 3.05) is 11.9 Å². The van der Waals surface area contributed by atoms with E-state index in [1.807, 2.05) is 13.8 Å². The third-order valence-electron chi connectivity index (χ3n) is 3.56. The van der Waals surface area contributed by atoms with Gasteiger partial charge >= 0.3 is 0 Å². The van der Waals surface area contributed by atoms with E-state index in [-0.39, 0.29) is 0 Å². The molecule has 17 heavy (non-hydrogen) atoms. The predicted molar refractivity (Wildman–Crippen MR) is 71.5 cm³/mol. The zero-order valence-corrected chi connectivity index (χ0v) is 11.5. The van der Waals surface area contributed by atoms with Crippen LogP contribution in [0.1, 0.15) is 37.6 Å². The lowest BCUT2D eigenvalue weighted by Crippen LogP contribution is -2.14. The standard InChI is InChI=1S/C13H20ClN3/c1-8-4-5-11(6-8)7-15-13-9(2)12(14)16-10(3)17-13/h8,11H,4-7H2,1-3H3,(H,15,16,17). The van der Waals surface area contributed by atoms with E-state index < -0.39 is 0 Å². The number of hydrogen-bond donors (Lipinski definition) is 1. The summed E-state index contributed by atoms with van der Waals surface area (Å²) in [6.45, 7) is 7.16. The molecule has 2 rings (SSSR count). The number of anilines is 1. The van der Waals surface area contributed by atoms with Crippen LogP contribution < -0.4 is 5.32 Å². The quantitative estimate of drug-likeness (QED) is 0.837. The second kappa shape index (κ2) is 5.21. The van der Waals surface area contributed by atoms with Crippen molar-refractivity contribution in [2.24, 2.45) is 11.8 Å². The van der Waals surface area contributed by atoms with E-state index in [0.29, 0.717) is 5.15 Å². The Morgan fingerprint density at radius 3 is 2.71 bits per heavy atom. The normalized spacial score (nSPS) is 24.0. The van der Waals surface area contributed by atoms with Crippen molar-refractivity contribution in [2.45, 2.75) is 40.0 Å². The number of hydrogen-bond acceptors (Lipinski definition) is 3. The van der Waals surface area contributed by atoms with Gasteiger partial charge in [0, 0.05) is 12.1 Å². The first-order chi connectivity index (χ1) is 8.06. The molecule has 1 fully saturated rings. The molecule has 1 aliphatic rings. The second-order valence-corrected chi connectivity index (χ2v) is 5.56. The first kappa shape index (κ1) is 12.6. The highest BCUT2D eigenvalue weighted by Gasteiger charge is 2.21. The van der Waals surface area contributed by atoms with Gasteiger partial charge in [0.05, 0.1) is 0 Å². The highest BCUT2D eigenvalue weighted by atomic mass is 35.5. The van der Waals surface area contributed by atoms with Crippen molar-refractivity contribution < 1.29 is 0 Å². The van der Waals surface area contributed by atoms with Gasteiger partial charge in [-0.1, -0.05) is 24.9 Å². The molecule has 0 amide bonds. The summed E-state index contributed by atoms with van der Waals surface area (Å²) in [5, 5.41) is 3.98. The predicted octanol–water partition coefficient (Wildman–Crippen LogP) is 3.59. The molecule has 0 aromatic carbocycles. The summed E-state index contributed by atoms with van der Waals surface area (Å²) in [5.41, 5.74) is 0.948. The highest BCUT2D eigenvalue weighted by molar-refractivity contribution is 6.30. The zero-order valence-electron chi connectivity index (χ0n) is 10.8. The Bertz CT molecular complexity index is 406. The van der Waals surface area contributed by atoms with E-state index in [2.05, 4.69) is 22.2 Å². The highest BCUT2D eigenvalue weighted by Crippen LogP contribution is 2.30. The minimum absolute atomic E-state index is 0.555. The summed E-state index contributed by atoms with van der Waals surface area (Å²) < 4.78 is 0. The molecule has 0 radical (unpaired) electrons. The Hall–Kier alpha value is -0.830.